The van der Waals surface area contributed by atoms with Crippen LogP contribution in [0.15, 0.2) is 47.4 Å². The second-order valence-corrected chi connectivity index (χ2v) is 6.26. The molecule has 0 aliphatic carbocycles. The van der Waals surface area contributed by atoms with Gasteiger partial charge in [0.1, 0.15) is 0 Å². The Morgan fingerprint density at radius 2 is 1.81 bits per heavy atom. The summed E-state index contributed by atoms with van der Waals surface area (Å²) in [4.78, 5) is 1.23. The number of hydrogen-bond acceptors (Lipinski definition) is 3. The molecule has 0 N–H and O–H groups in total. The van der Waals surface area contributed by atoms with E-state index < -0.39 is 0 Å². The number of hydrogen-bond donors (Lipinski definition) is 0. The van der Waals surface area contributed by atoms with Gasteiger partial charge in [-0.2, -0.15) is 0 Å². The minimum Gasteiger partial charge on any atom is -0.493 e. The first-order valence-corrected chi connectivity index (χ1v) is 8.21. The van der Waals surface area contributed by atoms with E-state index in [2.05, 4.69) is 0 Å². The summed E-state index contributed by atoms with van der Waals surface area (Å²) >= 11 is 7.67. The molecule has 4 heteroatoms. The Balaban J connectivity index is 1.73. The largest absolute Gasteiger partial charge is 0.493 e. The van der Waals surface area contributed by atoms with Crippen LogP contribution in [0.25, 0.3) is 0 Å². The first-order valence-electron chi connectivity index (χ1n) is 6.85. The molecule has 0 aromatic heterocycles. The molecule has 0 saturated heterocycles. The van der Waals surface area contributed by atoms with Gasteiger partial charge in [0, 0.05) is 15.7 Å². The topological polar surface area (TPSA) is 18.5 Å². The van der Waals surface area contributed by atoms with Gasteiger partial charge >= 0.3 is 0 Å². The van der Waals surface area contributed by atoms with Gasteiger partial charge in [-0.3, -0.25) is 0 Å². The zero-order valence-corrected chi connectivity index (χ0v) is 13.8. The first kappa shape index (κ1) is 16.1. The van der Waals surface area contributed by atoms with E-state index in [0.29, 0.717) is 6.61 Å². The number of thioether (sulfide) groups is 1. The number of halogens is 1. The number of benzene rings is 2. The SMILES string of the molecule is COc1cc(C)ccc1OCCCSc1ccc(Cl)cc1. The molecule has 0 atom stereocenters. The van der Waals surface area contributed by atoms with E-state index in [4.69, 9.17) is 21.1 Å². The van der Waals surface area contributed by atoms with Crippen LogP contribution in [0.1, 0.15) is 12.0 Å². The van der Waals surface area contributed by atoms with Crippen molar-refractivity contribution < 1.29 is 9.47 Å². The summed E-state index contributed by atoms with van der Waals surface area (Å²) in [6.45, 7) is 2.72. The van der Waals surface area contributed by atoms with Gasteiger partial charge in [-0.05, 0) is 55.3 Å². The minimum absolute atomic E-state index is 0.681. The second-order valence-electron chi connectivity index (χ2n) is 4.66. The summed E-state index contributed by atoms with van der Waals surface area (Å²) in [5.41, 5.74) is 1.16. The van der Waals surface area contributed by atoms with Crippen LogP contribution in [0.4, 0.5) is 0 Å². The van der Waals surface area contributed by atoms with Crippen molar-refractivity contribution in [1.82, 2.24) is 0 Å². The van der Waals surface area contributed by atoms with Crippen molar-refractivity contribution in [3.63, 3.8) is 0 Å². The maximum absolute atomic E-state index is 5.86. The summed E-state index contributed by atoms with van der Waals surface area (Å²) in [5.74, 6) is 2.61. The van der Waals surface area contributed by atoms with E-state index in [-0.39, 0.29) is 0 Å². The maximum Gasteiger partial charge on any atom is 0.161 e. The highest BCUT2D eigenvalue weighted by atomic mass is 35.5. The van der Waals surface area contributed by atoms with E-state index in [1.807, 2.05) is 49.4 Å². The summed E-state index contributed by atoms with van der Waals surface area (Å²) in [7, 11) is 1.66. The molecule has 0 radical (unpaired) electrons. The van der Waals surface area contributed by atoms with E-state index in [0.717, 1.165) is 34.3 Å². The number of methoxy groups -OCH3 is 1. The maximum atomic E-state index is 5.86. The predicted molar refractivity (Wildman–Crippen MR) is 90.0 cm³/mol. The second kappa shape index (κ2) is 8.20. The summed E-state index contributed by atoms with van der Waals surface area (Å²) in [6.07, 6.45) is 0.977. The van der Waals surface area contributed by atoms with Crippen LogP contribution in [-0.2, 0) is 0 Å². The van der Waals surface area contributed by atoms with Gasteiger partial charge in [-0.15, -0.1) is 11.8 Å². The van der Waals surface area contributed by atoms with Crippen molar-refractivity contribution in [2.75, 3.05) is 19.5 Å². The Morgan fingerprint density at radius 3 is 2.52 bits per heavy atom. The van der Waals surface area contributed by atoms with E-state index in [9.17, 15) is 0 Å². The Kier molecular flexibility index (Phi) is 6.27. The molecule has 0 heterocycles. The van der Waals surface area contributed by atoms with Gasteiger partial charge in [0.2, 0.25) is 0 Å². The lowest BCUT2D eigenvalue weighted by Gasteiger charge is -2.11. The summed E-state index contributed by atoms with van der Waals surface area (Å²) in [5, 5.41) is 0.772. The lowest BCUT2D eigenvalue weighted by molar-refractivity contribution is 0.295. The van der Waals surface area contributed by atoms with Crippen LogP contribution < -0.4 is 9.47 Å². The molecule has 2 aromatic rings. The van der Waals surface area contributed by atoms with Crippen LogP contribution in [0.3, 0.4) is 0 Å². The molecule has 0 bridgehead atoms. The lowest BCUT2D eigenvalue weighted by atomic mass is 10.2. The van der Waals surface area contributed by atoms with Crippen molar-refractivity contribution in [2.24, 2.45) is 0 Å². The van der Waals surface area contributed by atoms with Gasteiger partial charge in [0.05, 0.1) is 13.7 Å². The Morgan fingerprint density at radius 1 is 1.05 bits per heavy atom. The van der Waals surface area contributed by atoms with Crippen LogP contribution in [0.2, 0.25) is 5.02 Å². The van der Waals surface area contributed by atoms with E-state index >= 15 is 0 Å². The summed E-state index contributed by atoms with van der Waals surface area (Å²) in [6, 6.07) is 13.9. The first-order chi connectivity index (χ1) is 10.2. The third-order valence-electron chi connectivity index (χ3n) is 2.95. The molecule has 2 rings (SSSR count). The molecule has 2 aromatic carbocycles. The Labute approximate surface area is 135 Å². The quantitative estimate of drug-likeness (QED) is 0.514. The highest BCUT2D eigenvalue weighted by Crippen LogP contribution is 2.28. The number of aryl methyl sites for hydroxylation is 1. The fourth-order valence-electron chi connectivity index (χ4n) is 1.86. The van der Waals surface area contributed by atoms with Gasteiger partial charge in [0.25, 0.3) is 0 Å². The average molecular weight is 323 g/mol. The van der Waals surface area contributed by atoms with Gasteiger partial charge < -0.3 is 9.47 Å². The Hall–Kier alpha value is -1.32. The van der Waals surface area contributed by atoms with Gasteiger partial charge in [-0.25, -0.2) is 0 Å². The van der Waals surface area contributed by atoms with Gasteiger partial charge in [0.15, 0.2) is 11.5 Å². The molecule has 0 spiro atoms. The normalized spacial score (nSPS) is 10.4. The van der Waals surface area contributed by atoms with Crippen LogP contribution in [0, 0.1) is 6.92 Å². The average Bonchev–Trinajstić information content (AvgIpc) is 2.50. The minimum atomic E-state index is 0.681. The molecule has 112 valence electrons. The van der Waals surface area contributed by atoms with Crippen molar-refractivity contribution in [2.45, 2.75) is 18.2 Å². The predicted octanol–water partition coefficient (Wildman–Crippen LogP) is 5.22. The fraction of sp³-hybridized carbons (Fsp3) is 0.294. The third-order valence-corrected chi connectivity index (χ3v) is 4.30. The highest BCUT2D eigenvalue weighted by Gasteiger charge is 2.04. The fourth-order valence-corrected chi connectivity index (χ4v) is 2.81. The van der Waals surface area contributed by atoms with Crippen LogP contribution >= 0.6 is 23.4 Å². The van der Waals surface area contributed by atoms with E-state index in [1.165, 1.54) is 4.90 Å². The van der Waals surface area contributed by atoms with Crippen LogP contribution in [-0.4, -0.2) is 19.5 Å². The number of ether oxygens (including phenoxy) is 2. The number of rotatable bonds is 7. The molecule has 0 amide bonds. The standard InChI is InChI=1S/C17H19ClO2S/c1-13-4-9-16(17(12-13)19-2)20-10-3-11-21-15-7-5-14(18)6-8-15/h4-9,12H,3,10-11H2,1-2H3. The lowest BCUT2D eigenvalue weighted by Crippen LogP contribution is -2.00. The molecule has 0 aliphatic heterocycles. The molecular formula is C17H19ClO2S. The zero-order chi connectivity index (χ0) is 15.1. The van der Waals surface area contributed by atoms with Crippen molar-refractivity contribution in [1.29, 1.82) is 0 Å². The Bertz CT molecular complexity index is 570. The van der Waals surface area contributed by atoms with E-state index in [1.54, 1.807) is 18.9 Å². The summed E-state index contributed by atoms with van der Waals surface area (Å²) < 4.78 is 11.1. The molecule has 0 unspecified atom stereocenters. The molecular weight excluding hydrogens is 304 g/mol. The molecule has 21 heavy (non-hydrogen) atoms. The smallest absolute Gasteiger partial charge is 0.161 e. The van der Waals surface area contributed by atoms with Crippen molar-refractivity contribution >= 4 is 23.4 Å². The zero-order valence-electron chi connectivity index (χ0n) is 12.3. The highest BCUT2D eigenvalue weighted by molar-refractivity contribution is 7.99. The molecule has 0 fully saturated rings. The van der Waals surface area contributed by atoms with Gasteiger partial charge in [-0.1, -0.05) is 17.7 Å². The van der Waals surface area contributed by atoms with Crippen LogP contribution in [0.5, 0.6) is 11.5 Å². The molecule has 0 saturated carbocycles. The van der Waals surface area contributed by atoms with Crippen molar-refractivity contribution in [3.8, 4) is 11.5 Å². The third kappa shape index (κ3) is 5.18. The molecule has 0 aliphatic rings. The van der Waals surface area contributed by atoms with Crippen molar-refractivity contribution in [3.05, 3.63) is 53.1 Å². The monoisotopic (exact) mass is 322 g/mol. The molecule has 2 nitrogen and oxygen atoms in total.